The Balaban J connectivity index is 1.51. The monoisotopic (exact) mass is 333 g/mol. The van der Waals surface area contributed by atoms with E-state index in [0.29, 0.717) is 18.9 Å². The molecule has 1 fully saturated rings. The lowest BCUT2D eigenvalue weighted by Gasteiger charge is -2.08. The summed E-state index contributed by atoms with van der Waals surface area (Å²) in [7, 11) is 0. The van der Waals surface area contributed by atoms with Crippen molar-refractivity contribution in [2.75, 3.05) is 0 Å². The van der Waals surface area contributed by atoms with Gasteiger partial charge in [-0.2, -0.15) is 11.3 Å². The van der Waals surface area contributed by atoms with Gasteiger partial charge in [-0.25, -0.2) is 0 Å². The smallest absolute Gasteiger partial charge is 0.220 e. The largest absolute Gasteiger partial charge is 0.351 e. The molecule has 3 rings (SSSR count). The molecule has 2 heterocycles. The maximum Gasteiger partial charge on any atom is 0.220 e. The summed E-state index contributed by atoms with van der Waals surface area (Å²) in [5, 5.41) is 6.75. The first-order valence-corrected chi connectivity index (χ1v) is 9.40. The van der Waals surface area contributed by atoms with Gasteiger partial charge in [0.15, 0.2) is 0 Å². The van der Waals surface area contributed by atoms with Gasteiger partial charge in [-0.15, -0.1) is 11.3 Å². The molecule has 1 saturated carbocycles. The second kappa shape index (κ2) is 7.20. The fraction of sp³-hybridized carbons (Fsp3) is 0.412. The molecule has 0 bridgehead atoms. The highest BCUT2D eigenvalue weighted by Crippen LogP contribution is 2.27. The number of rotatable bonds is 6. The van der Waals surface area contributed by atoms with E-state index in [1.54, 1.807) is 0 Å². The van der Waals surface area contributed by atoms with E-state index in [9.17, 15) is 9.59 Å². The summed E-state index contributed by atoms with van der Waals surface area (Å²) in [5.74, 6) is 0.764. The van der Waals surface area contributed by atoms with Gasteiger partial charge in [0.05, 0.1) is 11.4 Å². The molecule has 1 aliphatic carbocycles. The highest BCUT2D eigenvalue weighted by molar-refractivity contribution is 7.14. The highest BCUT2D eigenvalue weighted by atomic mass is 32.1. The number of amides is 1. The first-order chi connectivity index (χ1) is 10.7. The summed E-state index contributed by atoms with van der Waals surface area (Å²) >= 11 is 2.99. The normalized spacial score (nSPS) is 15.1. The van der Waals surface area contributed by atoms with Gasteiger partial charge in [-0.05, 0) is 42.3 Å². The number of carbonyl (C=O) groups is 2. The van der Waals surface area contributed by atoms with Crippen LogP contribution in [0.15, 0.2) is 29.0 Å². The van der Waals surface area contributed by atoms with Crippen LogP contribution >= 0.6 is 22.7 Å². The van der Waals surface area contributed by atoms with Gasteiger partial charge in [0.25, 0.3) is 0 Å². The lowest BCUT2D eigenvalue weighted by Crippen LogP contribution is -2.24. The molecular formula is C17H19NO2S2. The second-order valence-corrected chi connectivity index (χ2v) is 7.69. The minimum Gasteiger partial charge on any atom is -0.351 e. The first-order valence-electron chi connectivity index (χ1n) is 7.64. The van der Waals surface area contributed by atoms with Crippen molar-refractivity contribution in [1.29, 1.82) is 0 Å². The standard InChI is InChI=1S/C17H19NO2S2/c19-16(9-12-3-1-2-4-12)18-10-14-5-6-15(22-14)17(20)13-7-8-21-11-13/h5-8,11-12H,1-4,9-10H2,(H,18,19). The van der Waals surface area contributed by atoms with Gasteiger partial charge in [0.1, 0.15) is 0 Å². The zero-order valence-corrected chi connectivity index (χ0v) is 14.0. The topological polar surface area (TPSA) is 46.2 Å². The molecule has 5 heteroatoms. The Morgan fingerprint density at radius 3 is 2.73 bits per heavy atom. The number of carbonyl (C=O) groups excluding carboxylic acids is 2. The molecule has 3 nitrogen and oxygen atoms in total. The molecule has 116 valence electrons. The summed E-state index contributed by atoms with van der Waals surface area (Å²) < 4.78 is 0. The Labute approximate surface area is 138 Å². The zero-order valence-electron chi connectivity index (χ0n) is 12.3. The van der Waals surface area contributed by atoms with Crippen LogP contribution in [0.25, 0.3) is 0 Å². The predicted octanol–water partition coefficient (Wildman–Crippen LogP) is 4.24. The van der Waals surface area contributed by atoms with Crippen molar-refractivity contribution in [1.82, 2.24) is 5.32 Å². The van der Waals surface area contributed by atoms with Crippen molar-refractivity contribution in [3.63, 3.8) is 0 Å². The average Bonchev–Trinajstić information content (AvgIpc) is 3.26. The number of hydrogen-bond donors (Lipinski definition) is 1. The minimum atomic E-state index is 0.0646. The molecule has 2 aromatic rings. The van der Waals surface area contributed by atoms with Crippen LogP contribution < -0.4 is 5.32 Å². The van der Waals surface area contributed by atoms with Crippen molar-refractivity contribution in [2.24, 2.45) is 5.92 Å². The molecule has 22 heavy (non-hydrogen) atoms. The van der Waals surface area contributed by atoms with Crippen LogP contribution in [-0.4, -0.2) is 11.7 Å². The molecule has 0 aliphatic heterocycles. The van der Waals surface area contributed by atoms with E-state index < -0.39 is 0 Å². The fourth-order valence-electron chi connectivity index (χ4n) is 2.87. The third kappa shape index (κ3) is 3.84. The van der Waals surface area contributed by atoms with Crippen LogP contribution in [0.1, 0.15) is 52.2 Å². The third-order valence-corrected chi connectivity index (χ3v) is 5.84. The van der Waals surface area contributed by atoms with Gasteiger partial charge >= 0.3 is 0 Å². The van der Waals surface area contributed by atoms with Crippen molar-refractivity contribution in [3.05, 3.63) is 44.3 Å². The first kappa shape index (κ1) is 15.4. The van der Waals surface area contributed by atoms with E-state index in [-0.39, 0.29) is 11.7 Å². The number of thiophene rings is 2. The van der Waals surface area contributed by atoms with Gasteiger partial charge in [0, 0.05) is 22.2 Å². The van der Waals surface area contributed by atoms with E-state index >= 15 is 0 Å². The molecule has 0 aromatic carbocycles. The van der Waals surface area contributed by atoms with E-state index in [4.69, 9.17) is 0 Å². The molecule has 0 saturated heterocycles. The Kier molecular flexibility index (Phi) is 5.05. The molecule has 0 atom stereocenters. The predicted molar refractivity (Wildman–Crippen MR) is 90.5 cm³/mol. The Hall–Kier alpha value is -1.46. The van der Waals surface area contributed by atoms with Crippen molar-refractivity contribution in [3.8, 4) is 0 Å². The van der Waals surface area contributed by atoms with Crippen LogP contribution in [0.4, 0.5) is 0 Å². The molecular weight excluding hydrogens is 314 g/mol. The van der Waals surface area contributed by atoms with Crippen LogP contribution in [0.2, 0.25) is 0 Å². The van der Waals surface area contributed by atoms with Crippen molar-refractivity contribution >= 4 is 34.4 Å². The molecule has 1 amide bonds. The quantitative estimate of drug-likeness (QED) is 0.804. The maximum absolute atomic E-state index is 12.2. The minimum absolute atomic E-state index is 0.0646. The Morgan fingerprint density at radius 2 is 2.00 bits per heavy atom. The number of nitrogens with one attached hydrogen (secondary N) is 1. The summed E-state index contributed by atoms with van der Waals surface area (Å²) in [5.41, 5.74) is 0.740. The highest BCUT2D eigenvalue weighted by Gasteiger charge is 2.18. The molecule has 2 aromatic heterocycles. The van der Waals surface area contributed by atoms with Crippen LogP contribution in [0.3, 0.4) is 0 Å². The Morgan fingerprint density at radius 1 is 1.18 bits per heavy atom. The summed E-state index contributed by atoms with van der Waals surface area (Å²) in [6.45, 7) is 0.521. The molecule has 0 unspecified atom stereocenters. The zero-order chi connectivity index (χ0) is 15.4. The Bertz CT molecular complexity index is 639. The van der Waals surface area contributed by atoms with E-state index in [1.165, 1.54) is 48.4 Å². The van der Waals surface area contributed by atoms with Gasteiger partial charge < -0.3 is 5.32 Å². The molecule has 0 radical (unpaired) electrons. The number of hydrogen-bond acceptors (Lipinski definition) is 4. The van der Waals surface area contributed by atoms with Crippen LogP contribution in [-0.2, 0) is 11.3 Å². The lowest BCUT2D eigenvalue weighted by atomic mass is 10.0. The average molecular weight is 333 g/mol. The van der Waals surface area contributed by atoms with E-state index in [1.807, 2.05) is 29.0 Å². The van der Waals surface area contributed by atoms with Crippen LogP contribution in [0.5, 0.6) is 0 Å². The summed E-state index contributed by atoms with van der Waals surface area (Å²) in [4.78, 5) is 25.9. The van der Waals surface area contributed by atoms with E-state index in [2.05, 4.69) is 5.32 Å². The van der Waals surface area contributed by atoms with E-state index in [0.717, 1.165) is 15.3 Å². The maximum atomic E-state index is 12.2. The summed E-state index contributed by atoms with van der Waals surface area (Å²) in [6, 6.07) is 5.62. The summed E-state index contributed by atoms with van der Waals surface area (Å²) in [6.07, 6.45) is 5.54. The van der Waals surface area contributed by atoms with Crippen LogP contribution in [0, 0.1) is 5.92 Å². The SMILES string of the molecule is O=C(CC1CCCC1)NCc1ccc(C(=O)c2ccsc2)s1. The second-order valence-electron chi connectivity index (χ2n) is 5.74. The molecule has 1 aliphatic rings. The third-order valence-electron chi connectivity index (χ3n) is 4.08. The van der Waals surface area contributed by atoms with Gasteiger partial charge in [0.2, 0.25) is 11.7 Å². The lowest BCUT2D eigenvalue weighted by molar-refractivity contribution is -0.122. The molecule has 1 N–H and O–H groups in total. The fourth-order valence-corrected chi connectivity index (χ4v) is 4.41. The molecule has 0 spiro atoms. The van der Waals surface area contributed by atoms with Gasteiger partial charge in [-0.3, -0.25) is 9.59 Å². The number of ketones is 1. The van der Waals surface area contributed by atoms with Crippen molar-refractivity contribution in [2.45, 2.75) is 38.6 Å². The van der Waals surface area contributed by atoms with Gasteiger partial charge in [-0.1, -0.05) is 12.8 Å². The van der Waals surface area contributed by atoms with Crippen molar-refractivity contribution < 1.29 is 9.59 Å².